The molecule has 0 saturated carbocycles. The predicted octanol–water partition coefficient (Wildman–Crippen LogP) is 3.07. The SMILES string of the molecule is COc1ccc(/C=N\OCC(=O)NCCc2ccc(Cl)cc2)cc1OC. The van der Waals surface area contributed by atoms with Crippen molar-refractivity contribution in [3.63, 3.8) is 0 Å². The lowest BCUT2D eigenvalue weighted by atomic mass is 10.1. The highest BCUT2D eigenvalue weighted by molar-refractivity contribution is 6.30. The Morgan fingerprint density at radius 3 is 2.54 bits per heavy atom. The lowest BCUT2D eigenvalue weighted by Crippen LogP contribution is -2.28. The van der Waals surface area contributed by atoms with E-state index in [1.165, 1.54) is 6.21 Å². The fourth-order valence-corrected chi connectivity index (χ4v) is 2.30. The fraction of sp³-hybridized carbons (Fsp3) is 0.263. The zero-order valence-electron chi connectivity index (χ0n) is 14.7. The number of ether oxygens (including phenoxy) is 2. The Bertz CT molecular complexity index is 748. The molecule has 0 aliphatic heterocycles. The Morgan fingerprint density at radius 2 is 1.85 bits per heavy atom. The van der Waals surface area contributed by atoms with E-state index in [0.29, 0.717) is 23.1 Å². The van der Waals surface area contributed by atoms with Gasteiger partial charge in [0.2, 0.25) is 0 Å². The summed E-state index contributed by atoms with van der Waals surface area (Å²) in [7, 11) is 3.13. The second-order valence-electron chi connectivity index (χ2n) is 5.35. The summed E-state index contributed by atoms with van der Waals surface area (Å²) in [5.41, 5.74) is 1.87. The van der Waals surface area contributed by atoms with Gasteiger partial charge in [0.1, 0.15) is 0 Å². The molecule has 0 bridgehead atoms. The monoisotopic (exact) mass is 376 g/mol. The van der Waals surface area contributed by atoms with Crippen molar-refractivity contribution < 1.29 is 19.1 Å². The molecule has 7 heteroatoms. The Balaban J connectivity index is 1.70. The van der Waals surface area contributed by atoms with Crippen molar-refractivity contribution in [1.29, 1.82) is 0 Å². The number of halogens is 1. The minimum absolute atomic E-state index is 0.148. The smallest absolute Gasteiger partial charge is 0.260 e. The summed E-state index contributed by atoms with van der Waals surface area (Å²) < 4.78 is 10.4. The van der Waals surface area contributed by atoms with Crippen LogP contribution in [0.2, 0.25) is 5.02 Å². The number of benzene rings is 2. The molecule has 2 aromatic rings. The van der Waals surface area contributed by atoms with Crippen molar-refractivity contribution in [1.82, 2.24) is 5.32 Å². The largest absolute Gasteiger partial charge is 0.493 e. The first kappa shape index (κ1) is 19.6. The lowest BCUT2D eigenvalue weighted by molar-refractivity contribution is -0.125. The van der Waals surface area contributed by atoms with E-state index in [-0.39, 0.29) is 12.5 Å². The molecule has 2 aromatic carbocycles. The van der Waals surface area contributed by atoms with Crippen LogP contribution in [0.4, 0.5) is 0 Å². The normalized spacial score (nSPS) is 10.6. The highest BCUT2D eigenvalue weighted by Crippen LogP contribution is 2.26. The molecule has 0 saturated heterocycles. The average Bonchev–Trinajstić information content (AvgIpc) is 2.66. The molecule has 0 unspecified atom stereocenters. The standard InChI is InChI=1S/C19H21ClN2O4/c1-24-17-8-5-15(11-18(17)25-2)12-22-26-13-19(23)21-10-9-14-3-6-16(20)7-4-14/h3-8,11-12H,9-10,13H2,1-2H3,(H,21,23)/b22-12-. The van der Waals surface area contributed by atoms with E-state index < -0.39 is 0 Å². The molecule has 1 amide bonds. The maximum absolute atomic E-state index is 11.7. The quantitative estimate of drug-likeness (QED) is 0.539. The van der Waals surface area contributed by atoms with Gasteiger partial charge in [-0.25, -0.2) is 0 Å². The van der Waals surface area contributed by atoms with Crippen LogP contribution in [0.25, 0.3) is 0 Å². The van der Waals surface area contributed by atoms with Crippen molar-refractivity contribution in [2.24, 2.45) is 5.16 Å². The summed E-state index contributed by atoms with van der Waals surface area (Å²) in [4.78, 5) is 16.7. The van der Waals surface area contributed by atoms with E-state index in [9.17, 15) is 4.79 Å². The summed E-state index contributed by atoms with van der Waals surface area (Å²) in [5, 5.41) is 7.26. The van der Waals surface area contributed by atoms with Crippen LogP contribution in [-0.4, -0.2) is 39.5 Å². The first-order valence-electron chi connectivity index (χ1n) is 8.01. The van der Waals surface area contributed by atoms with E-state index in [2.05, 4.69) is 10.5 Å². The van der Waals surface area contributed by atoms with Gasteiger partial charge in [-0.3, -0.25) is 4.79 Å². The first-order valence-corrected chi connectivity index (χ1v) is 8.38. The lowest BCUT2D eigenvalue weighted by Gasteiger charge is -2.07. The zero-order chi connectivity index (χ0) is 18.8. The Hall–Kier alpha value is -2.73. The van der Waals surface area contributed by atoms with Gasteiger partial charge in [0, 0.05) is 17.1 Å². The molecule has 2 rings (SSSR count). The van der Waals surface area contributed by atoms with E-state index in [1.54, 1.807) is 32.4 Å². The van der Waals surface area contributed by atoms with Gasteiger partial charge in [0.05, 0.1) is 20.4 Å². The number of hydrogen-bond donors (Lipinski definition) is 1. The Labute approximate surface area is 157 Å². The van der Waals surface area contributed by atoms with Gasteiger partial charge in [0.25, 0.3) is 5.91 Å². The van der Waals surface area contributed by atoms with E-state index in [1.807, 2.05) is 24.3 Å². The molecule has 0 aliphatic carbocycles. The number of carbonyl (C=O) groups is 1. The van der Waals surface area contributed by atoms with E-state index in [4.69, 9.17) is 25.9 Å². The van der Waals surface area contributed by atoms with Crippen molar-refractivity contribution in [3.8, 4) is 11.5 Å². The third-order valence-corrected chi connectivity index (χ3v) is 3.78. The van der Waals surface area contributed by atoms with Crippen molar-refractivity contribution in [2.45, 2.75) is 6.42 Å². The molecule has 26 heavy (non-hydrogen) atoms. The molecule has 0 heterocycles. The number of hydrogen-bond acceptors (Lipinski definition) is 5. The van der Waals surface area contributed by atoms with Gasteiger partial charge in [-0.1, -0.05) is 28.9 Å². The third-order valence-electron chi connectivity index (χ3n) is 3.53. The number of oxime groups is 1. The molecule has 0 aliphatic rings. The number of carbonyl (C=O) groups excluding carboxylic acids is 1. The number of methoxy groups -OCH3 is 2. The molecule has 0 atom stereocenters. The van der Waals surface area contributed by atoms with Gasteiger partial charge in [-0.05, 0) is 42.3 Å². The predicted molar refractivity (Wildman–Crippen MR) is 101 cm³/mol. The summed E-state index contributed by atoms with van der Waals surface area (Å²) in [6.45, 7) is 0.369. The van der Waals surface area contributed by atoms with Crippen molar-refractivity contribution in [2.75, 3.05) is 27.4 Å². The van der Waals surface area contributed by atoms with E-state index in [0.717, 1.165) is 17.5 Å². The van der Waals surface area contributed by atoms with Crippen LogP contribution in [0.1, 0.15) is 11.1 Å². The van der Waals surface area contributed by atoms with Crippen LogP contribution >= 0.6 is 11.6 Å². The third kappa shape index (κ3) is 6.29. The second kappa shape index (κ2) is 10.3. The molecular weight excluding hydrogens is 356 g/mol. The molecule has 1 N–H and O–H groups in total. The fourth-order valence-electron chi connectivity index (χ4n) is 2.18. The summed E-state index contributed by atoms with van der Waals surface area (Å²) >= 11 is 5.83. The number of nitrogens with one attached hydrogen (secondary N) is 1. The average molecular weight is 377 g/mol. The minimum Gasteiger partial charge on any atom is -0.493 e. The van der Waals surface area contributed by atoms with Gasteiger partial charge in [-0.15, -0.1) is 0 Å². The zero-order valence-corrected chi connectivity index (χ0v) is 15.5. The maximum atomic E-state index is 11.7. The second-order valence-corrected chi connectivity index (χ2v) is 5.79. The van der Waals surface area contributed by atoms with E-state index >= 15 is 0 Å². The summed E-state index contributed by atoms with van der Waals surface area (Å²) in [5.74, 6) is 0.991. The van der Waals surface area contributed by atoms with Crippen LogP contribution in [0.3, 0.4) is 0 Å². The molecular formula is C19H21ClN2O4. The Kier molecular flexibility index (Phi) is 7.76. The molecule has 0 fully saturated rings. The molecule has 6 nitrogen and oxygen atoms in total. The van der Waals surface area contributed by atoms with Crippen LogP contribution < -0.4 is 14.8 Å². The minimum atomic E-state index is -0.233. The molecule has 138 valence electrons. The van der Waals surface area contributed by atoms with Crippen molar-refractivity contribution in [3.05, 3.63) is 58.6 Å². The summed E-state index contributed by atoms with van der Waals surface area (Å²) in [6.07, 6.45) is 2.22. The summed E-state index contributed by atoms with van der Waals surface area (Å²) in [6, 6.07) is 12.8. The first-order chi connectivity index (χ1) is 12.6. The van der Waals surface area contributed by atoms with Crippen molar-refractivity contribution >= 4 is 23.7 Å². The van der Waals surface area contributed by atoms with Crippen LogP contribution in [0, 0.1) is 0 Å². The molecule has 0 radical (unpaired) electrons. The maximum Gasteiger partial charge on any atom is 0.260 e. The van der Waals surface area contributed by atoms with Crippen LogP contribution in [0.5, 0.6) is 11.5 Å². The number of rotatable bonds is 9. The number of nitrogens with zero attached hydrogens (tertiary/aromatic N) is 1. The van der Waals surface area contributed by atoms with Gasteiger partial charge in [0.15, 0.2) is 18.1 Å². The van der Waals surface area contributed by atoms with Gasteiger partial charge in [-0.2, -0.15) is 0 Å². The highest BCUT2D eigenvalue weighted by Gasteiger charge is 2.04. The molecule has 0 spiro atoms. The van der Waals surface area contributed by atoms with Crippen LogP contribution in [-0.2, 0) is 16.1 Å². The highest BCUT2D eigenvalue weighted by atomic mass is 35.5. The van der Waals surface area contributed by atoms with Gasteiger partial charge < -0.3 is 19.6 Å². The van der Waals surface area contributed by atoms with Crippen LogP contribution in [0.15, 0.2) is 47.6 Å². The molecule has 0 aromatic heterocycles. The van der Waals surface area contributed by atoms with Gasteiger partial charge >= 0.3 is 0 Å². The topological polar surface area (TPSA) is 69.2 Å². The number of amides is 1. The Morgan fingerprint density at radius 1 is 1.12 bits per heavy atom.